The van der Waals surface area contributed by atoms with Crippen LogP contribution in [-0.2, 0) is 4.84 Å². The highest BCUT2D eigenvalue weighted by Crippen LogP contribution is 2.31. The molecule has 0 saturated heterocycles. The van der Waals surface area contributed by atoms with Crippen molar-refractivity contribution in [3.63, 3.8) is 0 Å². The Labute approximate surface area is 105 Å². The average molecular weight is 281 g/mol. The first-order valence-corrected chi connectivity index (χ1v) is 5.24. The summed E-state index contributed by atoms with van der Waals surface area (Å²) in [5.74, 6) is -2.62. The number of nitrogens with one attached hydrogen (secondary N) is 1. The van der Waals surface area contributed by atoms with E-state index in [1.165, 1.54) is 12.1 Å². The SMILES string of the molecule is OC1(CC(F)(F)F)N=C(c2ccc(Cl)cc2)NO1. The van der Waals surface area contributed by atoms with E-state index in [2.05, 4.69) is 15.3 Å². The van der Waals surface area contributed by atoms with Crippen LogP contribution in [-0.4, -0.2) is 23.0 Å². The Morgan fingerprint density at radius 1 is 1.33 bits per heavy atom. The lowest BCUT2D eigenvalue weighted by atomic mass is 10.2. The molecule has 1 heterocycles. The van der Waals surface area contributed by atoms with Gasteiger partial charge in [0.1, 0.15) is 6.42 Å². The number of rotatable bonds is 2. The third-order valence-electron chi connectivity index (χ3n) is 2.15. The molecule has 2 N–H and O–H groups in total. The maximum atomic E-state index is 12.2. The molecule has 0 aliphatic carbocycles. The molecule has 2 rings (SSSR count). The number of amidine groups is 1. The molecule has 0 radical (unpaired) electrons. The smallest absolute Gasteiger partial charge is 0.346 e. The molecule has 1 aliphatic rings. The van der Waals surface area contributed by atoms with Crippen molar-refractivity contribution in [3.8, 4) is 0 Å². The maximum absolute atomic E-state index is 12.2. The van der Waals surface area contributed by atoms with Gasteiger partial charge in [-0.1, -0.05) is 11.6 Å². The molecule has 0 aromatic heterocycles. The van der Waals surface area contributed by atoms with Crippen molar-refractivity contribution in [2.75, 3.05) is 0 Å². The molecular formula is C10H8ClF3N2O2. The first kappa shape index (κ1) is 13.1. The maximum Gasteiger partial charge on any atom is 0.396 e. The molecule has 0 saturated carbocycles. The van der Waals surface area contributed by atoms with Crippen molar-refractivity contribution in [2.24, 2.45) is 4.99 Å². The van der Waals surface area contributed by atoms with Gasteiger partial charge in [-0.2, -0.15) is 13.2 Å². The standard InChI is InChI=1S/C10H8ClF3N2O2/c11-7-3-1-6(2-4-7)8-15-10(17,18-16-8)5-9(12,13)14/h1-4,17H,5H2,(H,15,16). The van der Waals surface area contributed by atoms with Crippen LogP contribution in [0.25, 0.3) is 0 Å². The summed E-state index contributed by atoms with van der Waals surface area (Å²) in [5.41, 5.74) is 2.62. The van der Waals surface area contributed by atoms with Gasteiger partial charge in [-0.25, -0.2) is 15.3 Å². The van der Waals surface area contributed by atoms with Crippen molar-refractivity contribution in [1.82, 2.24) is 5.48 Å². The first-order valence-electron chi connectivity index (χ1n) is 4.86. The summed E-state index contributed by atoms with van der Waals surface area (Å²) >= 11 is 5.67. The third-order valence-corrected chi connectivity index (χ3v) is 2.40. The second-order valence-corrected chi connectivity index (χ2v) is 4.14. The fourth-order valence-corrected chi connectivity index (χ4v) is 1.54. The normalized spacial score (nSPS) is 23.7. The molecule has 18 heavy (non-hydrogen) atoms. The molecule has 98 valence electrons. The Bertz CT molecular complexity index is 475. The fraction of sp³-hybridized carbons (Fsp3) is 0.300. The van der Waals surface area contributed by atoms with Gasteiger partial charge in [0.15, 0.2) is 5.84 Å². The van der Waals surface area contributed by atoms with Gasteiger partial charge >= 0.3 is 6.18 Å². The topological polar surface area (TPSA) is 53.9 Å². The van der Waals surface area contributed by atoms with Crippen LogP contribution >= 0.6 is 11.6 Å². The molecule has 1 aromatic carbocycles. The second-order valence-electron chi connectivity index (χ2n) is 3.71. The molecule has 0 bridgehead atoms. The molecule has 4 nitrogen and oxygen atoms in total. The highest BCUT2D eigenvalue weighted by atomic mass is 35.5. The molecule has 1 unspecified atom stereocenters. The number of halogens is 4. The van der Waals surface area contributed by atoms with E-state index in [0.717, 1.165) is 0 Å². The van der Waals surface area contributed by atoms with Gasteiger partial charge in [0, 0.05) is 10.6 Å². The summed E-state index contributed by atoms with van der Waals surface area (Å²) in [6.07, 6.45) is -6.18. The molecule has 1 atom stereocenters. The Kier molecular flexibility index (Phi) is 3.22. The summed E-state index contributed by atoms with van der Waals surface area (Å²) in [7, 11) is 0. The van der Waals surface area contributed by atoms with Crippen LogP contribution in [0.4, 0.5) is 13.2 Å². The average Bonchev–Trinajstić information content (AvgIpc) is 2.58. The van der Waals surface area contributed by atoms with Gasteiger partial charge in [0.05, 0.1) is 0 Å². The van der Waals surface area contributed by atoms with E-state index < -0.39 is 18.5 Å². The van der Waals surface area contributed by atoms with Crippen molar-refractivity contribution < 1.29 is 23.1 Å². The number of hydroxylamine groups is 1. The molecular weight excluding hydrogens is 273 g/mol. The van der Waals surface area contributed by atoms with Gasteiger partial charge in [0.25, 0.3) is 5.91 Å². The first-order chi connectivity index (χ1) is 8.27. The molecule has 1 aromatic rings. The van der Waals surface area contributed by atoms with Crippen LogP contribution in [0, 0.1) is 0 Å². The molecule has 0 fully saturated rings. The van der Waals surface area contributed by atoms with Crippen molar-refractivity contribution >= 4 is 17.4 Å². The van der Waals surface area contributed by atoms with E-state index in [9.17, 15) is 18.3 Å². The Balaban J connectivity index is 2.20. The number of benzene rings is 1. The summed E-state index contributed by atoms with van der Waals surface area (Å²) in [6.45, 7) is 0. The van der Waals surface area contributed by atoms with Crippen molar-refractivity contribution in [3.05, 3.63) is 34.9 Å². The Morgan fingerprint density at radius 2 is 1.94 bits per heavy atom. The minimum absolute atomic E-state index is 0.0124. The predicted molar refractivity (Wildman–Crippen MR) is 57.8 cm³/mol. The molecule has 0 spiro atoms. The summed E-state index contributed by atoms with van der Waals surface area (Å²) in [6, 6.07) is 6.16. The predicted octanol–water partition coefficient (Wildman–Crippen LogP) is 2.22. The van der Waals surface area contributed by atoms with Crippen LogP contribution in [0.5, 0.6) is 0 Å². The van der Waals surface area contributed by atoms with E-state index in [0.29, 0.717) is 10.6 Å². The van der Waals surface area contributed by atoms with Gasteiger partial charge in [-0.15, -0.1) is 0 Å². The number of aliphatic imine (C=N–C) groups is 1. The zero-order chi connectivity index (χ0) is 13.4. The monoisotopic (exact) mass is 280 g/mol. The van der Waals surface area contributed by atoms with Crippen LogP contribution in [0.1, 0.15) is 12.0 Å². The van der Waals surface area contributed by atoms with E-state index in [1.54, 1.807) is 12.1 Å². The van der Waals surface area contributed by atoms with Gasteiger partial charge in [-0.05, 0) is 24.3 Å². The minimum Gasteiger partial charge on any atom is -0.346 e. The van der Waals surface area contributed by atoms with E-state index >= 15 is 0 Å². The zero-order valence-corrected chi connectivity index (χ0v) is 9.59. The Morgan fingerprint density at radius 3 is 2.50 bits per heavy atom. The summed E-state index contributed by atoms with van der Waals surface area (Å²) in [5, 5.41) is 9.97. The van der Waals surface area contributed by atoms with Crippen molar-refractivity contribution in [1.29, 1.82) is 0 Å². The minimum atomic E-state index is -4.59. The van der Waals surface area contributed by atoms with Crippen LogP contribution in [0.15, 0.2) is 29.3 Å². The molecule has 0 amide bonds. The zero-order valence-electron chi connectivity index (χ0n) is 8.83. The number of aliphatic hydroxyl groups is 1. The summed E-state index contributed by atoms with van der Waals surface area (Å²) < 4.78 is 36.5. The lowest BCUT2D eigenvalue weighted by Gasteiger charge is -2.17. The number of hydrogen-bond donors (Lipinski definition) is 2. The lowest BCUT2D eigenvalue weighted by molar-refractivity contribution is -0.266. The molecule has 8 heteroatoms. The second kappa shape index (κ2) is 4.42. The Hall–Kier alpha value is -1.31. The van der Waals surface area contributed by atoms with Crippen molar-refractivity contribution in [2.45, 2.75) is 18.5 Å². The highest BCUT2D eigenvalue weighted by molar-refractivity contribution is 6.30. The fourth-order valence-electron chi connectivity index (χ4n) is 1.42. The van der Waals surface area contributed by atoms with E-state index in [-0.39, 0.29) is 5.84 Å². The van der Waals surface area contributed by atoms with Crippen LogP contribution in [0.2, 0.25) is 5.02 Å². The van der Waals surface area contributed by atoms with Gasteiger partial charge in [-0.3, -0.25) is 0 Å². The highest BCUT2D eigenvalue weighted by Gasteiger charge is 2.46. The van der Waals surface area contributed by atoms with Gasteiger partial charge in [0.2, 0.25) is 0 Å². The molecule has 1 aliphatic heterocycles. The number of alkyl halides is 3. The van der Waals surface area contributed by atoms with E-state index in [1.807, 2.05) is 0 Å². The lowest BCUT2D eigenvalue weighted by Crippen LogP contribution is -2.35. The quantitative estimate of drug-likeness (QED) is 0.873. The number of hydrogen-bond acceptors (Lipinski definition) is 4. The van der Waals surface area contributed by atoms with Crippen LogP contribution in [0.3, 0.4) is 0 Å². The third kappa shape index (κ3) is 3.12. The number of nitrogens with zero attached hydrogens (tertiary/aromatic N) is 1. The van der Waals surface area contributed by atoms with Gasteiger partial charge < -0.3 is 5.11 Å². The van der Waals surface area contributed by atoms with Crippen LogP contribution < -0.4 is 5.48 Å². The van der Waals surface area contributed by atoms with E-state index in [4.69, 9.17) is 11.6 Å². The summed E-state index contributed by atoms with van der Waals surface area (Å²) in [4.78, 5) is 7.94. The largest absolute Gasteiger partial charge is 0.396 e.